The van der Waals surface area contributed by atoms with Gasteiger partial charge in [-0.25, -0.2) is 9.18 Å². The summed E-state index contributed by atoms with van der Waals surface area (Å²) in [5.74, 6) is -0.972. The fourth-order valence-corrected chi connectivity index (χ4v) is 0.735. The van der Waals surface area contributed by atoms with Crippen LogP contribution in [0.1, 0.15) is 0 Å². The van der Waals surface area contributed by atoms with Crippen LogP contribution in [0.2, 0.25) is 0 Å². The second kappa shape index (κ2) is 2.83. The van der Waals surface area contributed by atoms with Gasteiger partial charge in [0.2, 0.25) is 6.17 Å². The Morgan fingerprint density at radius 3 is 2.73 bits per heavy atom. The monoisotopic (exact) mass is 162 g/mol. The van der Waals surface area contributed by atoms with Crippen LogP contribution in [0.4, 0.5) is 9.18 Å². The summed E-state index contributed by atoms with van der Waals surface area (Å²) in [5, 5.41) is 3.83. The van der Waals surface area contributed by atoms with Crippen LogP contribution < -0.4 is 10.6 Å². The van der Waals surface area contributed by atoms with Crippen molar-refractivity contribution in [3.05, 3.63) is 0 Å². The average Bonchev–Trinajstić information content (AvgIpc) is 1.96. The summed E-state index contributed by atoms with van der Waals surface area (Å²) < 4.78 is 17.1. The predicted octanol–water partition coefficient (Wildman–Crippen LogP) is -0.864. The van der Waals surface area contributed by atoms with E-state index in [1.54, 1.807) is 5.32 Å². The maximum absolute atomic E-state index is 12.7. The van der Waals surface area contributed by atoms with Gasteiger partial charge in [-0.3, -0.25) is 10.1 Å². The minimum absolute atomic E-state index is 0.740. The van der Waals surface area contributed by atoms with Crippen LogP contribution in [0, 0.1) is 0 Å². The summed E-state index contributed by atoms with van der Waals surface area (Å²) in [6.45, 7) is 0. The van der Waals surface area contributed by atoms with Crippen LogP contribution in [0.25, 0.3) is 0 Å². The molecule has 0 saturated carbocycles. The first kappa shape index (κ1) is 7.93. The summed E-state index contributed by atoms with van der Waals surface area (Å²) in [7, 11) is 1.20. The molecule has 0 aliphatic carbocycles. The molecule has 1 rings (SSSR count). The molecule has 5 nitrogen and oxygen atoms in total. The third-order valence-electron chi connectivity index (χ3n) is 1.28. The molecule has 0 bridgehead atoms. The Labute approximate surface area is 61.9 Å². The first-order chi connectivity index (χ1) is 5.15. The summed E-state index contributed by atoms with van der Waals surface area (Å²) in [4.78, 5) is 21.0. The Bertz CT molecular complexity index is 196. The van der Waals surface area contributed by atoms with Gasteiger partial charge in [-0.2, -0.15) is 0 Å². The zero-order chi connectivity index (χ0) is 8.43. The molecular formula is C5H7FN2O3. The lowest BCUT2D eigenvalue weighted by Crippen LogP contribution is -2.60. The van der Waals surface area contributed by atoms with E-state index >= 15 is 0 Å². The zero-order valence-corrected chi connectivity index (χ0v) is 5.76. The number of ether oxygens (including phenoxy) is 1. The van der Waals surface area contributed by atoms with Crippen molar-refractivity contribution in [3.8, 4) is 0 Å². The van der Waals surface area contributed by atoms with Crippen molar-refractivity contribution in [1.29, 1.82) is 0 Å². The number of methoxy groups -OCH3 is 1. The van der Waals surface area contributed by atoms with Gasteiger partial charge < -0.3 is 10.1 Å². The van der Waals surface area contributed by atoms with E-state index in [0.29, 0.717) is 0 Å². The molecule has 6 heteroatoms. The topological polar surface area (TPSA) is 67.4 Å². The molecule has 1 fully saturated rings. The summed E-state index contributed by atoms with van der Waals surface area (Å²) in [5.41, 5.74) is 0. The first-order valence-electron chi connectivity index (χ1n) is 2.93. The van der Waals surface area contributed by atoms with E-state index in [9.17, 15) is 14.0 Å². The predicted molar refractivity (Wildman–Crippen MR) is 32.4 cm³/mol. The van der Waals surface area contributed by atoms with Crippen LogP contribution in [-0.4, -0.2) is 31.4 Å². The molecule has 11 heavy (non-hydrogen) atoms. The molecule has 1 aliphatic rings. The molecule has 1 aliphatic heterocycles. The number of hydrogen-bond acceptors (Lipinski definition) is 3. The lowest BCUT2D eigenvalue weighted by molar-refractivity contribution is -0.132. The van der Waals surface area contributed by atoms with Gasteiger partial charge in [0.05, 0.1) is 0 Å². The standard InChI is InChI=1S/C5H7FN2O3/c1-11-4-2(6)3(9)7-5(10)8-4/h2,4H,1H3,(H2,7,8,9,10)/t2-,4-/m0/s1. The Morgan fingerprint density at radius 2 is 2.18 bits per heavy atom. The molecule has 0 aromatic heterocycles. The second-order valence-electron chi connectivity index (χ2n) is 2.02. The molecule has 1 saturated heterocycles. The number of carbonyl (C=O) groups is 2. The van der Waals surface area contributed by atoms with Gasteiger partial charge in [0.1, 0.15) is 0 Å². The van der Waals surface area contributed by atoms with E-state index < -0.39 is 24.3 Å². The Morgan fingerprint density at radius 1 is 1.55 bits per heavy atom. The third-order valence-corrected chi connectivity index (χ3v) is 1.28. The largest absolute Gasteiger partial charge is 0.358 e. The van der Waals surface area contributed by atoms with Crippen LogP contribution in [0.5, 0.6) is 0 Å². The molecule has 0 spiro atoms. The molecule has 2 N–H and O–H groups in total. The van der Waals surface area contributed by atoms with Gasteiger partial charge in [-0.05, 0) is 0 Å². The van der Waals surface area contributed by atoms with Gasteiger partial charge in [-0.15, -0.1) is 0 Å². The van der Waals surface area contributed by atoms with Crippen molar-refractivity contribution < 1.29 is 18.7 Å². The number of hydrogen-bond donors (Lipinski definition) is 2. The average molecular weight is 162 g/mol. The molecule has 62 valence electrons. The van der Waals surface area contributed by atoms with Crippen molar-refractivity contribution in [2.75, 3.05) is 7.11 Å². The maximum atomic E-state index is 12.7. The Hall–Kier alpha value is -1.17. The van der Waals surface area contributed by atoms with Crippen LogP contribution in [-0.2, 0) is 9.53 Å². The fraction of sp³-hybridized carbons (Fsp3) is 0.600. The smallest absolute Gasteiger partial charge is 0.323 e. The van der Waals surface area contributed by atoms with Gasteiger partial charge in [0, 0.05) is 7.11 Å². The van der Waals surface area contributed by atoms with Crippen molar-refractivity contribution in [2.24, 2.45) is 0 Å². The number of urea groups is 1. The van der Waals surface area contributed by atoms with Gasteiger partial charge >= 0.3 is 6.03 Å². The van der Waals surface area contributed by atoms with E-state index in [1.807, 2.05) is 0 Å². The quantitative estimate of drug-likeness (QED) is 0.527. The fourth-order valence-electron chi connectivity index (χ4n) is 0.735. The minimum Gasteiger partial charge on any atom is -0.358 e. The van der Waals surface area contributed by atoms with Crippen molar-refractivity contribution in [1.82, 2.24) is 10.6 Å². The van der Waals surface area contributed by atoms with Crippen LogP contribution in [0.15, 0.2) is 0 Å². The van der Waals surface area contributed by atoms with Gasteiger partial charge in [0.15, 0.2) is 6.23 Å². The second-order valence-corrected chi connectivity index (χ2v) is 2.02. The van der Waals surface area contributed by atoms with E-state index in [0.717, 1.165) is 0 Å². The Kier molecular flexibility index (Phi) is 2.04. The maximum Gasteiger partial charge on any atom is 0.323 e. The Balaban J connectivity index is 2.66. The number of alkyl halides is 1. The number of carbonyl (C=O) groups excluding carboxylic acids is 2. The number of amides is 3. The first-order valence-corrected chi connectivity index (χ1v) is 2.93. The molecule has 0 unspecified atom stereocenters. The third kappa shape index (κ3) is 1.45. The normalized spacial score (nSPS) is 31.1. The molecule has 1 heterocycles. The van der Waals surface area contributed by atoms with Crippen molar-refractivity contribution in [2.45, 2.75) is 12.4 Å². The molecule has 2 atom stereocenters. The van der Waals surface area contributed by atoms with Crippen LogP contribution in [0.3, 0.4) is 0 Å². The van der Waals surface area contributed by atoms with Gasteiger partial charge in [-0.1, -0.05) is 0 Å². The number of rotatable bonds is 1. The lowest BCUT2D eigenvalue weighted by Gasteiger charge is -2.24. The zero-order valence-electron chi connectivity index (χ0n) is 5.76. The molecule has 0 aromatic rings. The molecule has 3 amide bonds. The SMILES string of the molecule is CO[C@@H]1NC(=O)NC(=O)[C@@H]1F. The highest BCUT2D eigenvalue weighted by Crippen LogP contribution is 2.03. The van der Waals surface area contributed by atoms with Crippen LogP contribution >= 0.6 is 0 Å². The molecule has 0 radical (unpaired) electrons. The van der Waals surface area contributed by atoms with E-state index in [1.165, 1.54) is 7.11 Å². The number of imide groups is 1. The van der Waals surface area contributed by atoms with Crippen molar-refractivity contribution in [3.63, 3.8) is 0 Å². The molecular weight excluding hydrogens is 155 g/mol. The minimum atomic E-state index is -1.84. The highest BCUT2D eigenvalue weighted by molar-refractivity contribution is 5.99. The van der Waals surface area contributed by atoms with Gasteiger partial charge in [0.25, 0.3) is 5.91 Å². The van der Waals surface area contributed by atoms with Crippen molar-refractivity contribution >= 4 is 11.9 Å². The van der Waals surface area contributed by atoms with E-state index in [-0.39, 0.29) is 0 Å². The highest BCUT2D eigenvalue weighted by Gasteiger charge is 2.35. The van der Waals surface area contributed by atoms with E-state index in [2.05, 4.69) is 10.1 Å². The lowest BCUT2D eigenvalue weighted by atomic mass is 10.3. The molecule has 0 aromatic carbocycles. The summed E-state index contributed by atoms with van der Waals surface area (Å²) in [6, 6.07) is -0.740. The number of nitrogens with one attached hydrogen (secondary N) is 2. The van der Waals surface area contributed by atoms with E-state index in [4.69, 9.17) is 0 Å². The highest BCUT2D eigenvalue weighted by atomic mass is 19.1. The number of halogens is 1. The summed E-state index contributed by atoms with van der Waals surface area (Å²) in [6.07, 6.45) is -3.01. The summed E-state index contributed by atoms with van der Waals surface area (Å²) >= 11 is 0.